The van der Waals surface area contributed by atoms with Gasteiger partial charge in [0.05, 0.1) is 0 Å². The number of hydrogen-bond donors (Lipinski definition) is 2. The van der Waals surface area contributed by atoms with Crippen molar-refractivity contribution in [2.24, 2.45) is 5.84 Å². The molecule has 0 saturated carbocycles. The van der Waals surface area contributed by atoms with Gasteiger partial charge in [0.1, 0.15) is 17.9 Å². The third-order valence-electron chi connectivity index (χ3n) is 2.49. The Balaban J connectivity index is 1.94. The quantitative estimate of drug-likeness (QED) is 0.550. The minimum atomic E-state index is -0.360. The Kier molecular flexibility index (Phi) is 3.39. The molecule has 0 fully saturated rings. The fourth-order valence-corrected chi connectivity index (χ4v) is 1.56. The molecule has 0 saturated heterocycles. The summed E-state index contributed by atoms with van der Waals surface area (Å²) in [5.41, 5.74) is 2.33. The van der Waals surface area contributed by atoms with E-state index < -0.39 is 0 Å². The first kappa shape index (κ1) is 12.9. The van der Waals surface area contributed by atoms with Gasteiger partial charge >= 0.3 is 6.01 Å². The monoisotopic (exact) mass is 287 g/mol. The summed E-state index contributed by atoms with van der Waals surface area (Å²) >= 11 is 0. The molecule has 3 rings (SSSR count). The number of imidazole rings is 1. The lowest BCUT2D eigenvalue weighted by molar-refractivity contribution is 0.437. The van der Waals surface area contributed by atoms with Gasteiger partial charge in [0.25, 0.3) is 0 Å². The van der Waals surface area contributed by atoms with Crippen LogP contribution >= 0.6 is 0 Å². The molecule has 8 nitrogen and oxygen atoms in total. The number of ether oxygens (including phenoxy) is 1. The van der Waals surface area contributed by atoms with Gasteiger partial charge in [0.2, 0.25) is 11.9 Å². The minimum Gasteiger partial charge on any atom is -0.424 e. The van der Waals surface area contributed by atoms with E-state index in [-0.39, 0.29) is 23.7 Å². The van der Waals surface area contributed by atoms with Crippen LogP contribution in [0.25, 0.3) is 5.95 Å². The predicted octanol–water partition coefficient (Wildman–Crippen LogP) is 1.27. The van der Waals surface area contributed by atoms with Crippen LogP contribution in [0.15, 0.2) is 43.0 Å². The molecule has 0 spiro atoms. The fourth-order valence-electron chi connectivity index (χ4n) is 1.56. The summed E-state index contributed by atoms with van der Waals surface area (Å²) in [6.07, 6.45) is 4.77. The van der Waals surface area contributed by atoms with Gasteiger partial charge < -0.3 is 4.74 Å². The molecule has 0 atom stereocenters. The Bertz CT molecular complexity index is 730. The van der Waals surface area contributed by atoms with Crippen LogP contribution in [0, 0.1) is 5.82 Å². The first-order chi connectivity index (χ1) is 10.2. The predicted molar refractivity (Wildman–Crippen MR) is 71.2 cm³/mol. The number of rotatable bonds is 4. The van der Waals surface area contributed by atoms with Crippen LogP contribution in [0.5, 0.6) is 11.8 Å². The van der Waals surface area contributed by atoms with E-state index in [1.165, 1.54) is 30.6 Å². The third kappa shape index (κ3) is 2.92. The molecule has 2 heterocycles. The molecule has 0 aliphatic rings. The standard InChI is InChI=1S/C12H10FN7O/c13-8-1-3-9(4-2-8)21-12-17-10(19-14)16-11(18-12)20-6-5-15-7-20/h1-7H,14H2,(H,16,17,18,19). The van der Waals surface area contributed by atoms with Crippen molar-refractivity contribution in [2.75, 3.05) is 5.43 Å². The van der Waals surface area contributed by atoms with Crippen LogP contribution in [0.4, 0.5) is 10.3 Å². The van der Waals surface area contributed by atoms with Gasteiger partial charge in [-0.2, -0.15) is 15.0 Å². The van der Waals surface area contributed by atoms with Crippen molar-refractivity contribution in [2.45, 2.75) is 0 Å². The van der Waals surface area contributed by atoms with Crippen molar-refractivity contribution in [1.29, 1.82) is 0 Å². The molecule has 0 amide bonds. The van der Waals surface area contributed by atoms with Gasteiger partial charge in [-0.15, -0.1) is 0 Å². The summed E-state index contributed by atoms with van der Waals surface area (Å²) in [5.74, 6) is 5.77. The highest BCUT2D eigenvalue weighted by molar-refractivity contribution is 5.31. The van der Waals surface area contributed by atoms with Gasteiger partial charge in [-0.1, -0.05) is 0 Å². The lowest BCUT2D eigenvalue weighted by atomic mass is 10.3. The maximum absolute atomic E-state index is 12.9. The second kappa shape index (κ2) is 5.51. The second-order valence-corrected chi connectivity index (χ2v) is 3.91. The zero-order chi connectivity index (χ0) is 14.7. The Morgan fingerprint density at radius 3 is 2.62 bits per heavy atom. The topological polar surface area (TPSA) is 104 Å². The number of nitrogens with two attached hydrogens (primary N) is 1. The van der Waals surface area contributed by atoms with Crippen LogP contribution in [-0.2, 0) is 0 Å². The van der Waals surface area contributed by atoms with Gasteiger partial charge in [-0.25, -0.2) is 15.2 Å². The van der Waals surface area contributed by atoms with E-state index in [0.717, 1.165) is 0 Å². The minimum absolute atomic E-state index is 0.0215. The highest BCUT2D eigenvalue weighted by atomic mass is 19.1. The molecule has 3 aromatic rings. The highest BCUT2D eigenvalue weighted by Crippen LogP contribution is 2.19. The maximum Gasteiger partial charge on any atom is 0.328 e. The molecule has 0 bridgehead atoms. The van der Waals surface area contributed by atoms with Gasteiger partial charge in [0, 0.05) is 12.4 Å². The SMILES string of the molecule is NNc1nc(Oc2ccc(F)cc2)nc(-n2ccnc2)n1. The number of hydrogen-bond acceptors (Lipinski definition) is 7. The molecule has 0 radical (unpaired) electrons. The highest BCUT2D eigenvalue weighted by Gasteiger charge is 2.09. The molecule has 3 N–H and O–H groups in total. The third-order valence-corrected chi connectivity index (χ3v) is 2.49. The van der Waals surface area contributed by atoms with E-state index in [1.807, 2.05) is 0 Å². The zero-order valence-electron chi connectivity index (χ0n) is 10.6. The zero-order valence-corrected chi connectivity index (χ0v) is 10.6. The summed E-state index contributed by atoms with van der Waals surface area (Å²) in [5, 5.41) is 0. The summed E-state index contributed by atoms with van der Waals surface area (Å²) < 4.78 is 19.9. The van der Waals surface area contributed by atoms with Crippen LogP contribution < -0.4 is 16.0 Å². The van der Waals surface area contributed by atoms with E-state index in [4.69, 9.17) is 10.6 Å². The number of halogens is 1. The number of anilines is 1. The maximum atomic E-state index is 12.9. The van der Waals surface area contributed by atoms with Crippen molar-refractivity contribution >= 4 is 5.95 Å². The molecular formula is C12H10FN7O. The number of benzene rings is 1. The Morgan fingerprint density at radius 1 is 1.14 bits per heavy atom. The van der Waals surface area contributed by atoms with E-state index in [9.17, 15) is 4.39 Å². The molecule has 21 heavy (non-hydrogen) atoms. The van der Waals surface area contributed by atoms with E-state index in [1.54, 1.807) is 17.0 Å². The lowest BCUT2D eigenvalue weighted by Gasteiger charge is -2.07. The second-order valence-electron chi connectivity index (χ2n) is 3.91. The van der Waals surface area contributed by atoms with E-state index in [2.05, 4.69) is 25.4 Å². The Morgan fingerprint density at radius 2 is 1.95 bits per heavy atom. The van der Waals surface area contributed by atoms with Crippen molar-refractivity contribution < 1.29 is 9.13 Å². The van der Waals surface area contributed by atoms with Crippen LogP contribution in [0.1, 0.15) is 0 Å². The van der Waals surface area contributed by atoms with E-state index >= 15 is 0 Å². The summed E-state index contributed by atoms with van der Waals surface area (Å²) in [7, 11) is 0. The summed E-state index contributed by atoms with van der Waals surface area (Å²) in [6, 6.07) is 5.50. The molecule has 2 aromatic heterocycles. The molecule has 0 aliphatic heterocycles. The molecule has 106 valence electrons. The van der Waals surface area contributed by atoms with Crippen molar-refractivity contribution in [3.8, 4) is 17.7 Å². The summed E-state index contributed by atoms with van der Waals surface area (Å²) in [4.78, 5) is 16.1. The smallest absolute Gasteiger partial charge is 0.328 e. The first-order valence-electron chi connectivity index (χ1n) is 5.89. The number of aromatic nitrogens is 5. The number of nitrogen functional groups attached to an aromatic ring is 1. The average molecular weight is 287 g/mol. The number of nitrogens with zero attached hydrogens (tertiary/aromatic N) is 5. The first-order valence-corrected chi connectivity index (χ1v) is 5.89. The fraction of sp³-hybridized carbons (Fsp3) is 0. The molecule has 0 aliphatic carbocycles. The summed E-state index contributed by atoms with van der Waals surface area (Å²) in [6.45, 7) is 0. The number of nitrogens with one attached hydrogen (secondary N) is 1. The normalized spacial score (nSPS) is 10.4. The van der Waals surface area contributed by atoms with Crippen molar-refractivity contribution in [1.82, 2.24) is 24.5 Å². The molecule has 1 aromatic carbocycles. The molecule has 9 heteroatoms. The van der Waals surface area contributed by atoms with Crippen molar-refractivity contribution in [3.63, 3.8) is 0 Å². The largest absolute Gasteiger partial charge is 0.424 e. The van der Waals surface area contributed by atoms with E-state index in [0.29, 0.717) is 5.75 Å². The van der Waals surface area contributed by atoms with Gasteiger partial charge in [0.15, 0.2) is 0 Å². The number of hydrazine groups is 1. The van der Waals surface area contributed by atoms with Crippen LogP contribution in [-0.4, -0.2) is 24.5 Å². The van der Waals surface area contributed by atoms with Crippen molar-refractivity contribution in [3.05, 3.63) is 48.8 Å². The van der Waals surface area contributed by atoms with Crippen LogP contribution in [0.3, 0.4) is 0 Å². The molecule has 0 unspecified atom stereocenters. The average Bonchev–Trinajstić information content (AvgIpc) is 3.04. The van der Waals surface area contributed by atoms with Gasteiger partial charge in [-0.3, -0.25) is 9.99 Å². The Labute approximate surface area is 118 Å². The Hall–Kier alpha value is -3.07. The van der Waals surface area contributed by atoms with Gasteiger partial charge in [-0.05, 0) is 24.3 Å². The lowest BCUT2D eigenvalue weighted by Crippen LogP contribution is -2.13. The van der Waals surface area contributed by atoms with Crippen LogP contribution in [0.2, 0.25) is 0 Å². The molecular weight excluding hydrogens is 277 g/mol.